The summed E-state index contributed by atoms with van der Waals surface area (Å²) in [5.41, 5.74) is 5.76. The smallest absolute Gasteiger partial charge is 0.226 e. The Hall–Kier alpha value is -0.610. The molecule has 0 aromatic carbocycles. The van der Waals surface area contributed by atoms with E-state index >= 15 is 0 Å². The molecule has 4 heteroatoms. The maximum absolute atomic E-state index is 12.2. The molecular formula is C13H26N2O2. The minimum atomic E-state index is -0.00185. The maximum atomic E-state index is 12.2. The molecule has 4 nitrogen and oxygen atoms in total. The molecule has 0 bridgehead atoms. The molecule has 0 spiro atoms. The zero-order chi connectivity index (χ0) is 12.7. The van der Waals surface area contributed by atoms with Gasteiger partial charge in [-0.2, -0.15) is 0 Å². The third-order valence-electron chi connectivity index (χ3n) is 3.67. The van der Waals surface area contributed by atoms with Crippen LogP contribution in [0.15, 0.2) is 0 Å². The van der Waals surface area contributed by atoms with Crippen molar-refractivity contribution < 1.29 is 9.53 Å². The number of hydrogen-bond donors (Lipinski definition) is 1. The number of carbonyl (C=O) groups excluding carboxylic acids is 1. The van der Waals surface area contributed by atoms with Gasteiger partial charge < -0.3 is 15.4 Å². The predicted molar refractivity (Wildman–Crippen MR) is 68.6 cm³/mol. The third-order valence-corrected chi connectivity index (χ3v) is 3.67. The number of hydrogen-bond acceptors (Lipinski definition) is 3. The Labute approximate surface area is 104 Å². The Morgan fingerprint density at radius 3 is 2.41 bits per heavy atom. The predicted octanol–water partition coefficient (Wildman–Crippen LogP) is 1.25. The summed E-state index contributed by atoms with van der Waals surface area (Å²) >= 11 is 0. The molecule has 1 saturated heterocycles. The van der Waals surface area contributed by atoms with E-state index in [1.807, 2.05) is 18.7 Å². The van der Waals surface area contributed by atoms with Crippen molar-refractivity contribution in [2.75, 3.05) is 32.8 Å². The van der Waals surface area contributed by atoms with Gasteiger partial charge in [0.25, 0.3) is 0 Å². The Balaban J connectivity index is 2.48. The summed E-state index contributed by atoms with van der Waals surface area (Å²) in [6.45, 7) is 7.72. The summed E-state index contributed by atoms with van der Waals surface area (Å²) < 4.78 is 5.34. The first kappa shape index (κ1) is 14.5. The van der Waals surface area contributed by atoms with E-state index in [-0.39, 0.29) is 11.8 Å². The normalized spacial score (nSPS) is 19.0. The highest BCUT2D eigenvalue weighted by molar-refractivity contribution is 5.79. The fraction of sp³-hybridized carbons (Fsp3) is 0.923. The Bertz CT molecular complexity index is 223. The van der Waals surface area contributed by atoms with Gasteiger partial charge in [-0.05, 0) is 39.0 Å². The van der Waals surface area contributed by atoms with Crippen molar-refractivity contribution in [3.8, 4) is 0 Å². The van der Waals surface area contributed by atoms with Crippen molar-refractivity contribution in [1.82, 2.24) is 4.90 Å². The second-order valence-corrected chi connectivity index (χ2v) is 4.73. The average molecular weight is 242 g/mol. The van der Waals surface area contributed by atoms with Crippen LogP contribution in [-0.4, -0.2) is 43.7 Å². The standard InChI is InChI=1S/C13H26N2O2/c1-3-15(4-2)13(16)12(10-14)9-11-5-7-17-8-6-11/h11-12H,3-10,14H2,1-2H3. The highest BCUT2D eigenvalue weighted by Gasteiger charge is 2.25. The van der Waals surface area contributed by atoms with Crippen LogP contribution >= 0.6 is 0 Å². The lowest BCUT2D eigenvalue weighted by atomic mass is 9.88. The van der Waals surface area contributed by atoms with Crippen molar-refractivity contribution in [1.29, 1.82) is 0 Å². The van der Waals surface area contributed by atoms with E-state index in [9.17, 15) is 4.79 Å². The van der Waals surface area contributed by atoms with Crippen LogP contribution in [0.4, 0.5) is 0 Å². The Morgan fingerprint density at radius 2 is 1.94 bits per heavy atom. The van der Waals surface area contributed by atoms with Gasteiger partial charge in [0, 0.05) is 32.8 Å². The van der Waals surface area contributed by atoms with Gasteiger partial charge in [0.15, 0.2) is 0 Å². The topological polar surface area (TPSA) is 55.6 Å². The first-order valence-electron chi connectivity index (χ1n) is 6.79. The van der Waals surface area contributed by atoms with Crippen LogP contribution in [0, 0.1) is 11.8 Å². The molecule has 1 atom stereocenters. The molecule has 1 aliphatic heterocycles. The molecule has 17 heavy (non-hydrogen) atoms. The lowest BCUT2D eigenvalue weighted by Gasteiger charge is -2.29. The number of ether oxygens (including phenoxy) is 1. The summed E-state index contributed by atoms with van der Waals surface area (Å²) in [6.07, 6.45) is 3.07. The van der Waals surface area contributed by atoms with E-state index in [1.165, 1.54) is 0 Å². The van der Waals surface area contributed by atoms with Crippen molar-refractivity contribution in [2.24, 2.45) is 17.6 Å². The van der Waals surface area contributed by atoms with Crippen LogP contribution < -0.4 is 5.73 Å². The molecule has 1 fully saturated rings. The zero-order valence-electron chi connectivity index (χ0n) is 11.2. The quantitative estimate of drug-likeness (QED) is 0.762. The minimum Gasteiger partial charge on any atom is -0.381 e. The van der Waals surface area contributed by atoms with Gasteiger partial charge in [-0.25, -0.2) is 0 Å². The summed E-state index contributed by atoms with van der Waals surface area (Å²) in [4.78, 5) is 14.1. The van der Waals surface area contributed by atoms with E-state index in [0.29, 0.717) is 12.5 Å². The van der Waals surface area contributed by atoms with Crippen LogP contribution in [0.3, 0.4) is 0 Å². The van der Waals surface area contributed by atoms with Gasteiger partial charge in [0.1, 0.15) is 0 Å². The molecule has 0 aliphatic carbocycles. The molecule has 1 amide bonds. The van der Waals surface area contributed by atoms with Crippen molar-refractivity contribution in [3.05, 3.63) is 0 Å². The van der Waals surface area contributed by atoms with E-state index in [4.69, 9.17) is 10.5 Å². The van der Waals surface area contributed by atoms with E-state index in [1.54, 1.807) is 0 Å². The molecule has 1 unspecified atom stereocenters. The van der Waals surface area contributed by atoms with E-state index < -0.39 is 0 Å². The maximum Gasteiger partial charge on any atom is 0.226 e. The number of nitrogens with zero attached hydrogens (tertiary/aromatic N) is 1. The van der Waals surface area contributed by atoms with E-state index in [0.717, 1.165) is 45.6 Å². The lowest BCUT2D eigenvalue weighted by Crippen LogP contribution is -2.40. The van der Waals surface area contributed by atoms with Gasteiger partial charge in [-0.3, -0.25) is 4.79 Å². The van der Waals surface area contributed by atoms with Crippen molar-refractivity contribution in [2.45, 2.75) is 33.1 Å². The Kier molecular flexibility index (Phi) is 6.52. The summed E-state index contributed by atoms with van der Waals surface area (Å²) in [6, 6.07) is 0. The molecule has 1 heterocycles. The van der Waals surface area contributed by atoms with Gasteiger partial charge in [0.05, 0.1) is 5.92 Å². The van der Waals surface area contributed by atoms with Gasteiger partial charge >= 0.3 is 0 Å². The largest absolute Gasteiger partial charge is 0.381 e. The molecule has 1 aliphatic rings. The second-order valence-electron chi connectivity index (χ2n) is 4.73. The fourth-order valence-corrected chi connectivity index (χ4v) is 2.48. The summed E-state index contributed by atoms with van der Waals surface area (Å²) in [5, 5.41) is 0. The van der Waals surface area contributed by atoms with Crippen LogP contribution in [0.2, 0.25) is 0 Å². The van der Waals surface area contributed by atoms with E-state index in [2.05, 4.69) is 0 Å². The van der Waals surface area contributed by atoms with Crippen LogP contribution in [0.1, 0.15) is 33.1 Å². The fourth-order valence-electron chi connectivity index (χ4n) is 2.48. The zero-order valence-corrected chi connectivity index (χ0v) is 11.2. The van der Waals surface area contributed by atoms with Crippen LogP contribution in [0.5, 0.6) is 0 Å². The van der Waals surface area contributed by atoms with Gasteiger partial charge in [-0.1, -0.05) is 0 Å². The molecule has 0 aromatic heterocycles. The molecule has 0 radical (unpaired) electrons. The van der Waals surface area contributed by atoms with Crippen LogP contribution in [-0.2, 0) is 9.53 Å². The minimum absolute atomic E-state index is 0.00185. The number of amides is 1. The van der Waals surface area contributed by atoms with Crippen LogP contribution in [0.25, 0.3) is 0 Å². The Morgan fingerprint density at radius 1 is 1.35 bits per heavy atom. The number of rotatable bonds is 6. The third kappa shape index (κ3) is 4.28. The first-order chi connectivity index (χ1) is 8.22. The SMILES string of the molecule is CCN(CC)C(=O)C(CN)CC1CCOCC1. The summed E-state index contributed by atoms with van der Waals surface area (Å²) in [5.74, 6) is 0.832. The highest BCUT2D eigenvalue weighted by atomic mass is 16.5. The van der Waals surface area contributed by atoms with Crippen molar-refractivity contribution >= 4 is 5.91 Å². The monoisotopic (exact) mass is 242 g/mol. The molecule has 0 aromatic rings. The lowest BCUT2D eigenvalue weighted by molar-refractivity contribution is -0.135. The average Bonchev–Trinajstić information content (AvgIpc) is 2.38. The second kappa shape index (κ2) is 7.67. The first-order valence-corrected chi connectivity index (χ1v) is 6.79. The number of carbonyl (C=O) groups is 1. The molecular weight excluding hydrogens is 216 g/mol. The summed E-state index contributed by atoms with van der Waals surface area (Å²) in [7, 11) is 0. The van der Waals surface area contributed by atoms with Gasteiger partial charge in [0.2, 0.25) is 5.91 Å². The molecule has 2 N–H and O–H groups in total. The van der Waals surface area contributed by atoms with Gasteiger partial charge in [-0.15, -0.1) is 0 Å². The highest BCUT2D eigenvalue weighted by Crippen LogP contribution is 2.23. The number of nitrogens with two attached hydrogens (primary N) is 1. The molecule has 0 saturated carbocycles. The molecule has 1 rings (SSSR count). The molecule has 100 valence electrons. The van der Waals surface area contributed by atoms with Crippen molar-refractivity contribution in [3.63, 3.8) is 0 Å².